The highest BCUT2D eigenvalue weighted by molar-refractivity contribution is 5.88. The molecule has 2 aromatic carbocycles. The van der Waals surface area contributed by atoms with E-state index in [1.165, 1.54) is 0 Å². The number of para-hydroxylation sites is 1. The fraction of sp³-hybridized carbons (Fsp3) is 0.154. The van der Waals surface area contributed by atoms with Gasteiger partial charge in [-0.2, -0.15) is 0 Å². The Labute approximate surface area is 197 Å². The first kappa shape index (κ1) is 21.4. The number of anilines is 2. The molecule has 0 atom stereocenters. The maximum atomic E-state index is 5.88. The lowest BCUT2D eigenvalue weighted by Gasteiger charge is -2.12. The van der Waals surface area contributed by atoms with Gasteiger partial charge in [-0.15, -0.1) is 0 Å². The molecular weight excluding hydrogens is 428 g/mol. The Hall–Kier alpha value is -4.46. The lowest BCUT2D eigenvalue weighted by Crippen LogP contribution is -2.04. The van der Waals surface area contributed by atoms with Crippen molar-refractivity contribution in [2.24, 2.45) is 0 Å². The van der Waals surface area contributed by atoms with E-state index < -0.39 is 0 Å². The molecule has 8 nitrogen and oxygen atoms in total. The van der Waals surface area contributed by atoms with Crippen LogP contribution in [0.25, 0.3) is 22.6 Å². The number of imidazole rings is 1. The van der Waals surface area contributed by atoms with Crippen LogP contribution in [0.1, 0.15) is 19.9 Å². The molecule has 5 rings (SSSR count). The molecule has 0 radical (unpaired) electrons. The molecule has 0 amide bonds. The summed E-state index contributed by atoms with van der Waals surface area (Å²) in [5.74, 6) is 3.50. The van der Waals surface area contributed by atoms with Crippen molar-refractivity contribution in [1.29, 1.82) is 0 Å². The Morgan fingerprint density at radius 2 is 1.62 bits per heavy atom. The number of hydrogen-bond donors (Lipinski definition) is 1. The molecule has 0 aliphatic rings. The first-order valence-electron chi connectivity index (χ1n) is 11.0. The van der Waals surface area contributed by atoms with E-state index in [0.717, 1.165) is 34.2 Å². The van der Waals surface area contributed by atoms with Gasteiger partial charge in [0, 0.05) is 29.6 Å². The Bertz CT molecular complexity index is 1400. The van der Waals surface area contributed by atoms with E-state index in [1.807, 2.05) is 66.7 Å². The van der Waals surface area contributed by atoms with Gasteiger partial charge in [0.1, 0.15) is 23.7 Å². The summed E-state index contributed by atoms with van der Waals surface area (Å²) in [4.78, 5) is 18.2. The van der Waals surface area contributed by atoms with Gasteiger partial charge in [0.15, 0.2) is 17.0 Å². The molecule has 0 saturated carbocycles. The molecule has 0 bridgehead atoms. The highest BCUT2D eigenvalue weighted by atomic mass is 16.5. The van der Waals surface area contributed by atoms with Gasteiger partial charge in [0.25, 0.3) is 0 Å². The van der Waals surface area contributed by atoms with Crippen LogP contribution in [0, 0.1) is 0 Å². The van der Waals surface area contributed by atoms with Crippen molar-refractivity contribution in [1.82, 2.24) is 24.5 Å². The SMILES string of the molecule is COc1ccc(-c2nc3c(Nc4ccc(Oc5ccccc5)cc4)ncnc3n2C(C)C)cn1. The zero-order valence-corrected chi connectivity index (χ0v) is 19.1. The number of ether oxygens (including phenoxy) is 2. The minimum Gasteiger partial charge on any atom is -0.481 e. The Balaban J connectivity index is 1.47. The van der Waals surface area contributed by atoms with Crippen LogP contribution in [-0.2, 0) is 0 Å². The summed E-state index contributed by atoms with van der Waals surface area (Å²) in [6.45, 7) is 4.20. The van der Waals surface area contributed by atoms with Gasteiger partial charge in [-0.3, -0.25) is 0 Å². The summed E-state index contributed by atoms with van der Waals surface area (Å²) in [5, 5.41) is 3.37. The maximum Gasteiger partial charge on any atom is 0.212 e. The van der Waals surface area contributed by atoms with Crippen LogP contribution in [0.4, 0.5) is 11.5 Å². The van der Waals surface area contributed by atoms with Gasteiger partial charge in [-0.1, -0.05) is 18.2 Å². The van der Waals surface area contributed by atoms with Gasteiger partial charge in [0.05, 0.1) is 7.11 Å². The number of rotatable bonds is 7. The molecule has 1 N–H and O–H groups in total. The molecule has 0 saturated heterocycles. The highest BCUT2D eigenvalue weighted by Crippen LogP contribution is 2.31. The summed E-state index contributed by atoms with van der Waals surface area (Å²) >= 11 is 0. The lowest BCUT2D eigenvalue weighted by molar-refractivity contribution is 0.398. The average molecular weight is 453 g/mol. The molecule has 0 aliphatic carbocycles. The van der Waals surface area contributed by atoms with Gasteiger partial charge in [-0.25, -0.2) is 19.9 Å². The fourth-order valence-corrected chi connectivity index (χ4v) is 3.69. The minimum atomic E-state index is 0.138. The Morgan fingerprint density at radius 1 is 0.853 bits per heavy atom. The zero-order chi connectivity index (χ0) is 23.5. The molecule has 34 heavy (non-hydrogen) atoms. The third-order valence-corrected chi connectivity index (χ3v) is 5.29. The summed E-state index contributed by atoms with van der Waals surface area (Å²) in [5.41, 5.74) is 3.18. The summed E-state index contributed by atoms with van der Waals surface area (Å²) in [6.07, 6.45) is 3.30. The van der Waals surface area contributed by atoms with Crippen LogP contribution in [0.2, 0.25) is 0 Å². The first-order valence-corrected chi connectivity index (χ1v) is 11.0. The van der Waals surface area contributed by atoms with Crippen molar-refractivity contribution in [3.8, 4) is 28.8 Å². The summed E-state index contributed by atoms with van der Waals surface area (Å²) in [7, 11) is 1.60. The van der Waals surface area contributed by atoms with E-state index in [1.54, 1.807) is 19.6 Å². The van der Waals surface area contributed by atoms with Crippen LogP contribution in [0.15, 0.2) is 79.3 Å². The average Bonchev–Trinajstić information content (AvgIpc) is 3.27. The van der Waals surface area contributed by atoms with E-state index in [9.17, 15) is 0 Å². The van der Waals surface area contributed by atoms with Crippen LogP contribution in [-0.4, -0.2) is 31.6 Å². The van der Waals surface area contributed by atoms with Gasteiger partial charge in [0.2, 0.25) is 5.88 Å². The van der Waals surface area contributed by atoms with Crippen molar-refractivity contribution >= 4 is 22.7 Å². The van der Waals surface area contributed by atoms with E-state index in [4.69, 9.17) is 14.5 Å². The summed E-state index contributed by atoms with van der Waals surface area (Å²) in [6, 6.07) is 21.3. The highest BCUT2D eigenvalue weighted by Gasteiger charge is 2.19. The fourth-order valence-electron chi connectivity index (χ4n) is 3.69. The Kier molecular flexibility index (Phi) is 5.78. The van der Waals surface area contributed by atoms with Crippen LogP contribution >= 0.6 is 0 Å². The van der Waals surface area contributed by atoms with Gasteiger partial charge < -0.3 is 19.4 Å². The second-order valence-corrected chi connectivity index (χ2v) is 7.95. The standard InChI is InChI=1S/C26H24N6O2/c1-17(2)32-25(18-9-14-22(33-3)27-15-18)31-23-24(28-16-29-26(23)32)30-19-10-12-21(13-11-19)34-20-7-5-4-6-8-20/h4-17H,1-3H3,(H,28,29,30). The molecule has 5 aromatic rings. The smallest absolute Gasteiger partial charge is 0.212 e. The maximum absolute atomic E-state index is 5.88. The first-order chi connectivity index (χ1) is 16.6. The van der Waals surface area contributed by atoms with E-state index >= 15 is 0 Å². The topological polar surface area (TPSA) is 87.0 Å². The monoisotopic (exact) mass is 452 g/mol. The molecule has 0 aliphatic heterocycles. The summed E-state index contributed by atoms with van der Waals surface area (Å²) < 4.78 is 13.2. The van der Waals surface area contributed by atoms with E-state index in [0.29, 0.717) is 17.2 Å². The zero-order valence-electron chi connectivity index (χ0n) is 19.1. The quantitative estimate of drug-likeness (QED) is 0.323. The van der Waals surface area contributed by atoms with Crippen molar-refractivity contribution in [2.45, 2.75) is 19.9 Å². The lowest BCUT2D eigenvalue weighted by atomic mass is 10.2. The van der Waals surface area contributed by atoms with Crippen molar-refractivity contribution < 1.29 is 9.47 Å². The largest absolute Gasteiger partial charge is 0.481 e. The van der Waals surface area contributed by atoms with Crippen LogP contribution in [0.5, 0.6) is 17.4 Å². The van der Waals surface area contributed by atoms with E-state index in [-0.39, 0.29) is 6.04 Å². The van der Waals surface area contributed by atoms with Crippen LogP contribution < -0.4 is 14.8 Å². The Morgan fingerprint density at radius 3 is 2.29 bits per heavy atom. The number of nitrogens with zero attached hydrogens (tertiary/aromatic N) is 5. The molecule has 0 fully saturated rings. The van der Waals surface area contributed by atoms with Crippen molar-refractivity contribution in [2.75, 3.05) is 12.4 Å². The molecule has 8 heteroatoms. The molecule has 3 aromatic heterocycles. The number of hydrogen-bond acceptors (Lipinski definition) is 7. The van der Waals surface area contributed by atoms with Gasteiger partial charge in [-0.05, 0) is 56.3 Å². The normalized spacial score (nSPS) is 11.1. The molecule has 0 spiro atoms. The number of pyridine rings is 1. The van der Waals surface area contributed by atoms with Crippen molar-refractivity contribution in [3.63, 3.8) is 0 Å². The third-order valence-electron chi connectivity index (χ3n) is 5.29. The number of fused-ring (bicyclic) bond motifs is 1. The van der Waals surface area contributed by atoms with Crippen LogP contribution in [0.3, 0.4) is 0 Å². The second kappa shape index (κ2) is 9.19. The molecule has 0 unspecified atom stereocenters. The molecular formula is C26H24N6O2. The number of nitrogens with one attached hydrogen (secondary N) is 1. The molecule has 3 heterocycles. The predicted octanol–water partition coefficient (Wildman–Crippen LogP) is 6.01. The minimum absolute atomic E-state index is 0.138. The number of methoxy groups -OCH3 is 1. The molecule has 170 valence electrons. The van der Waals surface area contributed by atoms with Gasteiger partial charge >= 0.3 is 0 Å². The number of benzene rings is 2. The predicted molar refractivity (Wildman–Crippen MR) is 132 cm³/mol. The second-order valence-electron chi connectivity index (χ2n) is 7.95. The third kappa shape index (κ3) is 4.25. The number of aromatic nitrogens is 5. The van der Waals surface area contributed by atoms with E-state index in [2.05, 4.69) is 38.7 Å². The van der Waals surface area contributed by atoms with Crippen molar-refractivity contribution in [3.05, 3.63) is 79.3 Å².